The normalized spacial score (nSPS) is 14.0. The monoisotopic (exact) mass is 399 g/mol. The standard InChI is InChI=1S/C16H16BrF2N3O2/c1-8(22(2)3)10(7-20)15(23)13-4-9-5-14(24-16(18)19)11(17)6-12(9)21-13/h4-6,8,10,16,21H,1-3H3. The third kappa shape index (κ3) is 3.74. The van der Waals surface area contributed by atoms with Gasteiger partial charge in [0, 0.05) is 16.9 Å². The number of nitrogens with zero attached hydrogens (tertiary/aromatic N) is 2. The fourth-order valence-corrected chi connectivity index (χ4v) is 2.74. The van der Waals surface area contributed by atoms with E-state index in [0.29, 0.717) is 15.4 Å². The zero-order chi connectivity index (χ0) is 18.0. The zero-order valence-electron chi connectivity index (χ0n) is 13.3. The number of benzene rings is 1. The van der Waals surface area contributed by atoms with E-state index in [0.717, 1.165) is 0 Å². The first-order chi connectivity index (χ1) is 11.2. The molecule has 0 aliphatic carbocycles. The smallest absolute Gasteiger partial charge is 0.387 e. The van der Waals surface area contributed by atoms with Crippen molar-refractivity contribution in [1.82, 2.24) is 9.88 Å². The van der Waals surface area contributed by atoms with Crippen LogP contribution in [0.4, 0.5) is 8.78 Å². The van der Waals surface area contributed by atoms with E-state index >= 15 is 0 Å². The molecule has 2 atom stereocenters. The predicted octanol–water partition coefficient (Wildman–Crippen LogP) is 3.80. The van der Waals surface area contributed by atoms with Crippen molar-refractivity contribution in [3.8, 4) is 11.8 Å². The highest BCUT2D eigenvalue weighted by atomic mass is 79.9. The largest absolute Gasteiger partial charge is 0.434 e. The van der Waals surface area contributed by atoms with Crippen LogP contribution in [0.2, 0.25) is 0 Å². The van der Waals surface area contributed by atoms with Crippen LogP contribution < -0.4 is 4.74 Å². The van der Waals surface area contributed by atoms with E-state index in [1.807, 2.05) is 6.07 Å². The minimum Gasteiger partial charge on any atom is -0.434 e. The molecule has 0 amide bonds. The average molecular weight is 400 g/mol. The van der Waals surface area contributed by atoms with Gasteiger partial charge < -0.3 is 14.6 Å². The number of carbonyl (C=O) groups is 1. The van der Waals surface area contributed by atoms with Crippen LogP contribution >= 0.6 is 15.9 Å². The van der Waals surface area contributed by atoms with E-state index in [1.165, 1.54) is 12.1 Å². The molecular weight excluding hydrogens is 384 g/mol. The molecule has 24 heavy (non-hydrogen) atoms. The van der Waals surface area contributed by atoms with Crippen LogP contribution in [0.5, 0.6) is 5.75 Å². The summed E-state index contributed by atoms with van der Waals surface area (Å²) in [5.74, 6) is -1.20. The summed E-state index contributed by atoms with van der Waals surface area (Å²) in [6.45, 7) is -1.15. The summed E-state index contributed by atoms with van der Waals surface area (Å²) < 4.78 is 29.6. The van der Waals surface area contributed by atoms with Gasteiger partial charge in [-0.1, -0.05) is 0 Å². The van der Waals surface area contributed by atoms with Gasteiger partial charge in [-0.15, -0.1) is 0 Å². The molecule has 1 N–H and O–H groups in total. The van der Waals surface area contributed by atoms with Crippen LogP contribution in [0, 0.1) is 17.2 Å². The lowest BCUT2D eigenvalue weighted by Crippen LogP contribution is -2.36. The van der Waals surface area contributed by atoms with Gasteiger partial charge in [-0.25, -0.2) is 0 Å². The van der Waals surface area contributed by atoms with Crippen LogP contribution in [0.15, 0.2) is 22.7 Å². The summed E-state index contributed by atoms with van der Waals surface area (Å²) in [6, 6.07) is 6.27. The molecule has 1 aromatic carbocycles. The molecule has 0 saturated heterocycles. The number of halogens is 3. The molecule has 5 nitrogen and oxygen atoms in total. The molecule has 1 aromatic heterocycles. The third-order valence-electron chi connectivity index (χ3n) is 3.87. The number of Topliss-reactive ketones (excluding diaryl/α,β-unsaturated/α-hetero) is 1. The highest BCUT2D eigenvalue weighted by Gasteiger charge is 2.28. The Morgan fingerprint density at radius 2 is 2.04 bits per heavy atom. The number of hydrogen-bond donors (Lipinski definition) is 1. The van der Waals surface area contributed by atoms with E-state index in [4.69, 9.17) is 0 Å². The van der Waals surface area contributed by atoms with Crippen LogP contribution in [-0.4, -0.2) is 42.4 Å². The quantitative estimate of drug-likeness (QED) is 0.749. The molecular formula is C16H16BrF2N3O2. The van der Waals surface area contributed by atoms with Crippen molar-refractivity contribution in [1.29, 1.82) is 5.26 Å². The Morgan fingerprint density at radius 1 is 1.38 bits per heavy atom. The van der Waals surface area contributed by atoms with Gasteiger partial charge in [-0.2, -0.15) is 14.0 Å². The molecule has 2 aromatic rings. The van der Waals surface area contributed by atoms with E-state index in [1.54, 1.807) is 32.0 Å². The first kappa shape index (κ1) is 18.4. The van der Waals surface area contributed by atoms with Crippen molar-refractivity contribution in [2.45, 2.75) is 19.6 Å². The maximum atomic E-state index is 12.6. The number of ketones is 1. The van der Waals surface area contributed by atoms with E-state index < -0.39 is 12.5 Å². The highest BCUT2D eigenvalue weighted by Crippen LogP contribution is 2.32. The summed E-state index contributed by atoms with van der Waals surface area (Å²) in [5, 5.41) is 9.86. The molecule has 0 bridgehead atoms. The van der Waals surface area contributed by atoms with Crippen molar-refractivity contribution in [3.05, 3.63) is 28.4 Å². The minimum absolute atomic E-state index is 0.0195. The average Bonchev–Trinajstić information content (AvgIpc) is 2.90. The Kier molecular flexibility index (Phi) is 5.57. The predicted molar refractivity (Wildman–Crippen MR) is 89.2 cm³/mol. The third-order valence-corrected chi connectivity index (χ3v) is 4.49. The maximum absolute atomic E-state index is 12.6. The van der Waals surface area contributed by atoms with Crippen molar-refractivity contribution in [2.24, 2.45) is 5.92 Å². The van der Waals surface area contributed by atoms with Crippen molar-refractivity contribution >= 4 is 32.6 Å². The van der Waals surface area contributed by atoms with Gasteiger partial charge in [-0.05, 0) is 55.1 Å². The Morgan fingerprint density at radius 3 is 2.58 bits per heavy atom. The Hall–Kier alpha value is -1.98. The van der Waals surface area contributed by atoms with Gasteiger partial charge in [0.1, 0.15) is 11.7 Å². The van der Waals surface area contributed by atoms with Crippen LogP contribution in [0.3, 0.4) is 0 Å². The molecule has 2 unspecified atom stereocenters. The molecule has 0 saturated carbocycles. The number of aromatic amines is 1. The summed E-state index contributed by atoms with van der Waals surface area (Å²) in [4.78, 5) is 17.3. The van der Waals surface area contributed by atoms with Gasteiger partial charge in [-0.3, -0.25) is 4.79 Å². The summed E-state index contributed by atoms with van der Waals surface area (Å²) in [6.07, 6.45) is 0. The number of H-pyrrole nitrogens is 1. The van der Waals surface area contributed by atoms with Crippen LogP contribution in [0.25, 0.3) is 10.9 Å². The highest BCUT2D eigenvalue weighted by molar-refractivity contribution is 9.10. The molecule has 0 aliphatic rings. The molecule has 0 aliphatic heterocycles. The van der Waals surface area contributed by atoms with Crippen molar-refractivity contribution in [3.63, 3.8) is 0 Å². The fraction of sp³-hybridized carbons (Fsp3) is 0.375. The number of nitriles is 1. The number of nitrogens with one attached hydrogen (secondary N) is 1. The molecule has 2 rings (SSSR count). The van der Waals surface area contributed by atoms with Gasteiger partial charge in [0.25, 0.3) is 0 Å². The lowest BCUT2D eigenvalue weighted by Gasteiger charge is -2.23. The maximum Gasteiger partial charge on any atom is 0.387 e. The first-order valence-electron chi connectivity index (χ1n) is 7.12. The number of aromatic nitrogens is 1. The summed E-state index contributed by atoms with van der Waals surface area (Å²) in [5.41, 5.74) is 0.840. The number of hydrogen-bond acceptors (Lipinski definition) is 4. The van der Waals surface area contributed by atoms with Gasteiger partial charge in [0.05, 0.1) is 16.2 Å². The lowest BCUT2D eigenvalue weighted by molar-refractivity contribution is -0.0502. The minimum atomic E-state index is -2.94. The number of carbonyl (C=O) groups excluding carboxylic acids is 1. The molecule has 1 heterocycles. The lowest BCUT2D eigenvalue weighted by atomic mass is 9.95. The zero-order valence-corrected chi connectivity index (χ0v) is 14.9. The van der Waals surface area contributed by atoms with Gasteiger partial charge in [0.15, 0.2) is 5.78 Å². The van der Waals surface area contributed by atoms with E-state index in [9.17, 15) is 18.8 Å². The molecule has 8 heteroatoms. The Balaban J connectivity index is 2.40. The SMILES string of the molecule is CC(C(C#N)C(=O)c1cc2cc(OC(F)F)c(Br)cc2[nH]1)N(C)C. The number of rotatable bonds is 6. The van der Waals surface area contributed by atoms with Gasteiger partial charge >= 0.3 is 6.61 Å². The summed E-state index contributed by atoms with van der Waals surface area (Å²) >= 11 is 3.15. The molecule has 0 fully saturated rings. The fourth-order valence-electron chi connectivity index (χ4n) is 2.30. The van der Waals surface area contributed by atoms with Crippen molar-refractivity contribution in [2.75, 3.05) is 14.1 Å². The second-order valence-corrected chi connectivity index (χ2v) is 6.46. The second-order valence-electron chi connectivity index (χ2n) is 5.61. The molecule has 0 spiro atoms. The van der Waals surface area contributed by atoms with E-state index in [2.05, 4.69) is 25.7 Å². The van der Waals surface area contributed by atoms with E-state index in [-0.39, 0.29) is 23.3 Å². The van der Waals surface area contributed by atoms with Crippen LogP contribution in [0.1, 0.15) is 17.4 Å². The topological polar surface area (TPSA) is 69.1 Å². The number of alkyl halides is 2. The van der Waals surface area contributed by atoms with Gasteiger partial charge in [0.2, 0.25) is 0 Å². The molecule has 0 radical (unpaired) electrons. The Labute approximate surface area is 146 Å². The number of fused-ring (bicyclic) bond motifs is 1. The first-order valence-corrected chi connectivity index (χ1v) is 7.91. The summed E-state index contributed by atoms with van der Waals surface area (Å²) in [7, 11) is 3.58. The number of ether oxygens (including phenoxy) is 1. The Bertz CT molecular complexity index is 798. The second kappa shape index (κ2) is 7.28. The van der Waals surface area contributed by atoms with Crippen molar-refractivity contribution < 1.29 is 18.3 Å². The van der Waals surface area contributed by atoms with Crippen LogP contribution in [-0.2, 0) is 0 Å². The molecule has 128 valence electrons.